The Kier molecular flexibility index (Phi) is 5.61. The molecule has 2 aromatic carbocycles. The van der Waals surface area contributed by atoms with Gasteiger partial charge in [0.25, 0.3) is 15.9 Å². The predicted octanol–water partition coefficient (Wildman–Crippen LogP) is 5.41. The van der Waals surface area contributed by atoms with Crippen LogP contribution in [0.4, 0.5) is 11.4 Å². The molecule has 2 heterocycles. The number of hydrogen-bond donors (Lipinski definition) is 1. The first-order chi connectivity index (χ1) is 14.3. The average Bonchev–Trinajstić information content (AvgIpc) is 3.24. The summed E-state index contributed by atoms with van der Waals surface area (Å²) in [5.74, 6) is -0.0601. The van der Waals surface area contributed by atoms with Crippen LogP contribution >= 0.6 is 22.9 Å². The molecule has 0 aliphatic carbocycles. The van der Waals surface area contributed by atoms with Crippen LogP contribution in [0.15, 0.2) is 52.7 Å². The Labute approximate surface area is 185 Å². The maximum atomic E-state index is 13.0. The van der Waals surface area contributed by atoms with Gasteiger partial charge in [-0.1, -0.05) is 23.7 Å². The fourth-order valence-corrected chi connectivity index (χ4v) is 5.89. The van der Waals surface area contributed by atoms with E-state index in [1.54, 1.807) is 49.1 Å². The van der Waals surface area contributed by atoms with Gasteiger partial charge in [-0.05, 0) is 79.1 Å². The number of carbonyl (C=O) groups is 1. The molecule has 3 aromatic rings. The van der Waals surface area contributed by atoms with Gasteiger partial charge >= 0.3 is 0 Å². The molecule has 0 unspecified atom stereocenters. The van der Waals surface area contributed by atoms with Crippen molar-refractivity contribution in [3.63, 3.8) is 0 Å². The quantitative estimate of drug-likeness (QED) is 0.565. The molecule has 8 heteroatoms. The summed E-state index contributed by atoms with van der Waals surface area (Å²) in [6, 6.07) is 12.3. The molecule has 1 aliphatic rings. The summed E-state index contributed by atoms with van der Waals surface area (Å²) in [5, 5.41) is 2.40. The van der Waals surface area contributed by atoms with Crippen LogP contribution in [0.1, 0.15) is 32.8 Å². The Morgan fingerprint density at radius 1 is 1.13 bits per heavy atom. The summed E-state index contributed by atoms with van der Waals surface area (Å²) in [6.07, 6.45) is 1.73. The van der Waals surface area contributed by atoms with Crippen molar-refractivity contribution in [1.82, 2.24) is 0 Å². The van der Waals surface area contributed by atoms with Crippen molar-refractivity contribution in [3.05, 3.63) is 74.4 Å². The summed E-state index contributed by atoms with van der Waals surface area (Å²) in [5.41, 5.74) is 3.48. The van der Waals surface area contributed by atoms with Crippen LogP contribution < -0.4 is 9.62 Å². The summed E-state index contributed by atoms with van der Waals surface area (Å²) in [7, 11) is -3.80. The highest BCUT2D eigenvalue weighted by molar-refractivity contribution is 7.92. The van der Waals surface area contributed by atoms with Gasteiger partial charge in [-0.25, -0.2) is 8.42 Å². The number of aryl methyl sites for hydroxylation is 3. The number of rotatable bonds is 4. The molecule has 1 aromatic heterocycles. The maximum Gasteiger partial charge on any atom is 0.268 e. The standard InChI is InChI=1S/C22H21ClN2O3S2/c1-14-12-21(15(2)11-18(14)23)30(27,28)24-17-8-7-16-5-3-9-25(19(16)13-17)22(26)20-6-4-10-29-20/h4,6-8,10-13,24H,3,5,9H2,1-2H3. The summed E-state index contributed by atoms with van der Waals surface area (Å²) < 4.78 is 28.7. The highest BCUT2D eigenvalue weighted by Crippen LogP contribution is 2.33. The monoisotopic (exact) mass is 460 g/mol. The highest BCUT2D eigenvalue weighted by Gasteiger charge is 2.25. The predicted molar refractivity (Wildman–Crippen MR) is 122 cm³/mol. The highest BCUT2D eigenvalue weighted by atomic mass is 35.5. The molecule has 1 amide bonds. The topological polar surface area (TPSA) is 66.5 Å². The number of amides is 1. The number of anilines is 2. The molecule has 0 fully saturated rings. The molecule has 156 valence electrons. The van der Waals surface area contributed by atoms with E-state index in [2.05, 4.69) is 4.72 Å². The Morgan fingerprint density at radius 3 is 2.67 bits per heavy atom. The van der Waals surface area contributed by atoms with E-state index >= 15 is 0 Å². The van der Waals surface area contributed by atoms with Gasteiger partial charge in [0.2, 0.25) is 0 Å². The van der Waals surface area contributed by atoms with Gasteiger partial charge in [-0.15, -0.1) is 11.3 Å². The van der Waals surface area contributed by atoms with Gasteiger partial charge in [0.1, 0.15) is 0 Å². The molecule has 0 atom stereocenters. The lowest BCUT2D eigenvalue weighted by atomic mass is 10.0. The third kappa shape index (κ3) is 3.97. The normalized spacial score (nSPS) is 13.8. The van der Waals surface area contributed by atoms with Crippen LogP contribution in [0.3, 0.4) is 0 Å². The van der Waals surface area contributed by atoms with Crippen LogP contribution in [0, 0.1) is 13.8 Å². The first-order valence-electron chi connectivity index (χ1n) is 9.54. The largest absolute Gasteiger partial charge is 0.307 e. The molecular formula is C22H21ClN2O3S2. The van der Waals surface area contributed by atoms with Crippen LogP contribution in [-0.2, 0) is 16.4 Å². The zero-order valence-electron chi connectivity index (χ0n) is 16.6. The van der Waals surface area contributed by atoms with E-state index in [0.29, 0.717) is 33.3 Å². The SMILES string of the molecule is Cc1cc(S(=O)(=O)Nc2ccc3c(c2)N(C(=O)c2cccs2)CCC3)c(C)cc1Cl. The van der Waals surface area contributed by atoms with E-state index < -0.39 is 10.0 Å². The van der Waals surface area contributed by atoms with Crippen LogP contribution in [-0.4, -0.2) is 20.9 Å². The molecule has 0 saturated heterocycles. The Hall–Kier alpha value is -2.35. The summed E-state index contributed by atoms with van der Waals surface area (Å²) in [6.45, 7) is 4.09. The average molecular weight is 461 g/mol. The van der Waals surface area contributed by atoms with Gasteiger partial charge in [0.15, 0.2) is 0 Å². The molecule has 0 spiro atoms. The number of nitrogens with one attached hydrogen (secondary N) is 1. The van der Waals surface area contributed by atoms with E-state index in [1.807, 2.05) is 17.5 Å². The van der Waals surface area contributed by atoms with E-state index in [4.69, 9.17) is 11.6 Å². The number of halogens is 1. The zero-order valence-corrected chi connectivity index (χ0v) is 19.0. The Bertz CT molecular complexity index is 1220. The van der Waals surface area contributed by atoms with Crippen LogP contribution in [0.25, 0.3) is 0 Å². The van der Waals surface area contributed by atoms with Crippen LogP contribution in [0.5, 0.6) is 0 Å². The van der Waals surface area contributed by atoms with Crippen molar-refractivity contribution >= 4 is 50.2 Å². The van der Waals surface area contributed by atoms with E-state index in [1.165, 1.54) is 11.3 Å². The molecule has 0 radical (unpaired) electrons. The summed E-state index contributed by atoms with van der Waals surface area (Å²) in [4.78, 5) is 15.5. The van der Waals surface area contributed by atoms with Gasteiger partial charge in [-0.3, -0.25) is 9.52 Å². The van der Waals surface area contributed by atoms with E-state index in [9.17, 15) is 13.2 Å². The minimum Gasteiger partial charge on any atom is -0.307 e. The lowest BCUT2D eigenvalue weighted by Gasteiger charge is -2.29. The number of hydrogen-bond acceptors (Lipinski definition) is 4. The van der Waals surface area contributed by atoms with Crippen molar-refractivity contribution < 1.29 is 13.2 Å². The van der Waals surface area contributed by atoms with Gasteiger partial charge in [-0.2, -0.15) is 0 Å². The minimum absolute atomic E-state index is 0.0601. The first-order valence-corrected chi connectivity index (χ1v) is 12.3. The molecule has 5 nitrogen and oxygen atoms in total. The molecule has 1 aliphatic heterocycles. The number of fused-ring (bicyclic) bond motifs is 1. The number of sulfonamides is 1. The Balaban J connectivity index is 1.68. The second kappa shape index (κ2) is 8.06. The van der Waals surface area contributed by atoms with Crippen LogP contribution in [0.2, 0.25) is 5.02 Å². The maximum absolute atomic E-state index is 13.0. The first kappa shape index (κ1) is 20.9. The van der Waals surface area contributed by atoms with Gasteiger partial charge < -0.3 is 4.90 Å². The molecular weight excluding hydrogens is 440 g/mol. The fourth-order valence-electron chi connectivity index (χ4n) is 3.64. The Morgan fingerprint density at radius 2 is 1.93 bits per heavy atom. The second-order valence-electron chi connectivity index (χ2n) is 7.35. The number of carbonyl (C=O) groups excluding carboxylic acids is 1. The van der Waals surface area contributed by atoms with Gasteiger partial charge in [0.05, 0.1) is 15.5 Å². The lowest BCUT2D eigenvalue weighted by Crippen LogP contribution is -2.35. The van der Waals surface area contributed by atoms with E-state index in [0.717, 1.165) is 24.1 Å². The van der Waals surface area contributed by atoms with Crippen molar-refractivity contribution in [1.29, 1.82) is 0 Å². The number of nitrogens with zero attached hydrogens (tertiary/aromatic N) is 1. The molecule has 0 bridgehead atoms. The van der Waals surface area contributed by atoms with Crippen molar-refractivity contribution in [2.75, 3.05) is 16.2 Å². The van der Waals surface area contributed by atoms with Crippen molar-refractivity contribution in [2.24, 2.45) is 0 Å². The van der Waals surface area contributed by atoms with Gasteiger partial charge in [0, 0.05) is 17.3 Å². The molecule has 4 rings (SSSR count). The van der Waals surface area contributed by atoms with Crippen molar-refractivity contribution in [2.45, 2.75) is 31.6 Å². The minimum atomic E-state index is -3.80. The molecule has 1 N–H and O–H groups in total. The third-order valence-corrected chi connectivity index (χ3v) is 7.97. The fraction of sp³-hybridized carbons (Fsp3) is 0.227. The van der Waals surface area contributed by atoms with Crippen molar-refractivity contribution in [3.8, 4) is 0 Å². The molecule has 0 saturated carbocycles. The van der Waals surface area contributed by atoms with E-state index in [-0.39, 0.29) is 10.8 Å². The summed E-state index contributed by atoms with van der Waals surface area (Å²) >= 11 is 7.51. The number of benzene rings is 2. The third-order valence-electron chi connectivity index (χ3n) is 5.18. The second-order valence-corrected chi connectivity index (χ2v) is 10.4. The zero-order chi connectivity index (χ0) is 21.5. The lowest BCUT2D eigenvalue weighted by molar-refractivity contribution is 0.0989. The molecule has 30 heavy (non-hydrogen) atoms. The smallest absolute Gasteiger partial charge is 0.268 e. The number of thiophene rings is 1.